The first-order valence-corrected chi connectivity index (χ1v) is 8.47. The van der Waals surface area contributed by atoms with Crippen LogP contribution in [0, 0.1) is 17.8 Å². The van der Waals surface area contributed by atoms with E-state index in [9.17, 15) is 9.59 Å². The van der Waals surface area contributed by atoms with Crippen molar-refractivity contribution in [1.29, 1.82) is 0 Å². The molecule has 0 aromatic heterocycles. The third-order valence-electron chi connectivity index (χ3n) is 5.14. The van der Waals surface area contributed by atoms with E-state index in [4.69, 9.17) is 0 Å². The van der Waals surface area contributed by atoms with Crippen LogP contribution in [0.25, 0.3) is 0 Å². The van der Waals surface area contributed by atoms with E-state index in [0.717, 1.165) is 36.8 Å². The van der Waals surface area contributed by atoms with Gasteiger partial charge in [0.15, 0.2) is 11.6 Å². The minimum absolute atomic E-state index is 0.0702. The van der Waals surface area contributed by atoms with Gasteiger partial charge in [-0.2, -0.15) is 0 Å². The molecule has 0 saturated carbocycles. The van der Waals surface area contributed by atoms with E-state index in [-0.39, 0.29) is 23.4 Å². The molecule has 0 saturated heterocycles. The van der Waals surface area contributed by atoms with Crippen molar-refractivity contribution in [2.75, 3.05) is 0 Å². The minimum Gasteiger partial charge on any atom is -0.290 e. The summed E-state index contributed by atoms with van der Waals surface area (Å²) < 4.78 is 0. The summed E-state index contributed by atoms with van der Waals surface area (Å²) in [6, 6.07) is 0. The molecule has 1 unspecified atom stereocenters. The summed E-state index contributed by atoms with van der Waals surface area (Å²) in [6.45, 7) is 10.3. The summed E-state index contributed by atoms with van der Waals surface area (Å²) >= 11 is 0. The summed E-state index contributed by atoms with van der Waals surface area (Å²) in [5.41, 5.74) is 3.60. The summed E-state index contributed by atoms with van der Waals surface area (Å²) in [5, 5.41) is 0. The van der Waals surface area contributed by atoms with Gasteiger partial charge in [0.2, 0.25) is 0 Å². The molecular weight excluding hydrogens is 272 g/mol. The van der Waals surface area contributed by atoms with Crippen molar-refractivity contribution >= 4 is 11.6 Å². The van der Waals surface area contributed by atoms with E-state index in [1.54, 1.807) is 6.92 Å². The maximum absolute atomic E-state index is 12.7. The Morgan fingerprint density at radius 2 is 1.95 bits per heavy atom. The Bertz CT molecular complexity index is 571. The van der Waals surface area contributed by atoms with Crippen LogP contribution < -0.4 is 0 Å². The van der Waals surface area contributed by atoms with Crippen LogP contribution in [0.1, 0.15) is 60.3 Å². The van der Waals surface area contributed by atoms with Gasteiger partial charge in [-0.3, -0.25) is 9.59 Å². The van der Waals surface area contributed by atoms with Gasteiger partial charge in [0.05, 0.1) is 0 Å². The maximum atomic E-state index is 12.7. The molecule has 120 valence electrons. The van der Waals surface area contributed by atoms with Gasteiger partial charge >= 0.3 is 0 Å². The Hall–Kier alpha value is -1.44. The van der Waals surface area contributed by atoms with Crippen molar-refractivity contribution in [2.24, 2.45) is 17.8 Å². The number of rotatable bonds is 4. The van der Waals surface area contributed by atoms with Crippen molar-refractivity contribution in [2.45, 2.75) is 60.3 Å². The number of allylic oxidation sites excluding steroid dienone is 6. The fourth-order valence-electron chi connectivity index (χ4n) is 3.81. The second-order valence-corrected chi connectivity index (χ2v) is 7.27. The van der Waals surface area contributed by atoms with Crippen LogP contribution in [-0.2, 0) is 9.59 Å². The fourth-order valence-corrected chi connectivity index (χ4v) is 3.81. The first kappa shape index (κ1) is 16.9. The predicted octanol–water partition coefficient (Wildman–Crippen LogP) is 4.81. The molecule has 2 nitrogen and oxygen atoms in total. The zero-order chi connectivity index (χ0) is 16.4. The highest BCUT2D eigenvalue weighted by Gasteiger charge is 2.39. The lowest BCUT2D eigenvalue weighted by atomic mass is 9.67. The van der Waals surface area contributed by atoms with E-state index >= 15 is 0 Å². The minimum atomic E-state index is 0.0702. The van der Waals surface area contributed by atoms with Gasteiger partial charge in [-0.15, -0.1) is 0 Å². The van der Waals surface area contributed by atoms with Crippen molar-refractivity contribution in [1.82, 2.24) is 0 Å². The van der Waals surface area contributed by atoms with Gasteiger partial charge in [-0.1, -0.05) is 25.5 Å². The molecule has 0 aliphatic heterocycles. The molecule has 2 aliphatic carbocycles. The molecule has 0 aromatic rings. The van der Waals surface area contributed by atoms with E-state index in [1.165, 1.54) is 11.6 Å². The van der Waals surface area contributed by atoms with E-state index in [0.29, 0.717) is 11.5 Å². The second kappa shape index (κ2) is 6.76. The van der Waals surface area contributed by atoms with Gasteiger partial charge in [-0.05, 0) is 70.3 Å². The van der Waals surface area contributed by atoms with E-state index in [1.807, 2.05) is 0 Å². The van der Waals surface area contributed by atoms with Gasteiger partial charge in [-0.25, -0.2) is 0 Å². The first-order valence-electron chi connectivity index (χ1n) is 8.47. The topological polar surface area (TPSA) is 34.1 Å². The van der Waals surface area contributed by atoms with Crippen LogP contribution >= 0.6 is 0 Å². The van der Waals surface area contributed by atoms with Gasteiger partial charge in [0, 0.05) is 16.7 Å². The van der Waals surface area contributed by atoms with Gasteiger partial charge < -0.3 is 0 Å². The second-order valence-electron chi connectivity index (χ2n) is 7.27. The molecule has 2 heteroatoms. The summed E-state index contributed by atoms with van der Waals surface area (Å²) in [7, 11) is 0. The van der Waals surface area contributed by atoms with Crippen LogP contribution in [0.3, 0.4) is 0 Å². The van der Waals surface area contributed by atoms with Gasteiger partial charge in [0.25, 0.3) is 0 Å². The smallest absolute Gasteiger partial charge is 0.185 e. The number of carbonyl (C=O) groups excluding carboxylic acids is 2. The Labute approximate surface area is 134 Å². The van der Waals surface area contributed by atoms with Crippen molar-refractivity contribution in [3.63, 3.8) is 0 Å². The molecule has 0 amide bonds. The molecule has 0 N–H and O–H groups in total. The quantitative estimate of drug-likeness (QED) is 0.551. The molecule has 3 atom stereocenters. The molecule has 0 fully saturated rings. The van der Waals surface area contributed by atoms with Crippen LogP contribution in [0.2, 0.25) is 0 Å². The molecular formula is C20H28O2. The number of hydrogen-bond acceptors (Lipinski definition) is 2. The maximum Gasteiger partial charge on any atom is 0.185 e. The zero-order valence-electron chi connectivity index (χ0n) is 14.5. The molecule has 0 radical (unpaired) electrons. The summed E-state index contributed by atoms with van der Waals surface area (Å²) in [6.07, 6.45) is 7.97. The Morgan fingerprint density at radius 1 is 1.27 bits per heavy atom. The number of Topliss-reactive ketones (excluding diaryl/α,β-unsaturated/α-hetero) is 1. The Morgan fingerprint density at radius 3 is 2.59 bits per heavy atom. The third-order valence-corrected chi connectivity index (χ3v) is 5.14. The van der Waals surface area contributed by atoms with Crippen LogP contribution in [0.15, 0.2) is 34.4 Å². The number of ketones is 2. The average molecular weight is 300 g/mol. The number of carbonyl (C=O) groups is 2. The summed E-state index contributed by atoms with van der Waals surface area (Å²) in [5.74, 6) is 1.09. The van der Waals surface area contributed by atoms with Crippen molar-refractivity contribution in [3.8, 4) is 0 Å². The Kier molecular flexibility index (Phi) is 5.20. The lowest BCUT2D eigenvalue weighted by Crippen LogP contribution is -2.33. The SMILES string of the molecule is CC(C)=CCC[C@H](C)C1CC[C@@H](C)C2=C1C(=O)C(C)=CC2=O. The molecule has 2 aliphatic rings. The highest BCUT2D eigenvalue weighted by Crippen LogP contribution is 2.43. The lowest BCUT2D eigenvalue weighted by Gasteiger charge is -2.36. The van der Waals surface area contributed by atoms with Crippen LogP contribution in [0.5, 0.6) is 0 Å². The monoisotopic (exact) mass is 300 g/mol. The third kappa shape index (κ3) is 3.31. The first-order chi connectivity index (χ1) is 10.3. The zero-order valence-corrected chi connectivity index (χ0v) is 14.5. The largest absolute Gasteiger partial charge is 0.290 e. The Balaban J connectivity index is 2.27. The van der Waals surface area contributed by atoms with Gasteiger partial charge in [0.1, 0.15) is 0 Å². The molecule has 22 heavy (non-hydrogen) atoms. The average Bonchev–Trinajstić information content (AvgIpc) is 2.43. The van der Waals surface area contributed by atoms with Crippen LogP contribution in [-0.4, -0.2) is 11.6 Å². The van der Waals surface area contributed by atoms with Crippen LogP contribution in [0.4, 0.5) is 0 Å². The standard InChI is InChI=1S/C20H28O2/c1-12(2)7-6-8-13(3)16-10-9-14(4)18-17(21)11-15(5)20(22)19(16)18/h7,11,13-14,16H,6,8-10H2,1-5H3/t13-,14+,16?/m0/s1. The number of hydrogen-bond donors (Lipinski definition) is 0. The fraction of sp³-hybridized carbons (Fsp3) is 0.600. The van der Waals surface area contributed by atoms with Crippen molar-refractivity contribution in [3.05, 3.63) is 34.4 Å². The highest BCUT2D eigenvalue weighted by molar-refractivity contribution is 6.23. The van der Waals surface area contributed by atoms with Crippen molar-refractivity contribution < 1.29 is 9.59 Å². The van der Waals surface area contributed by atoms with E-state index in [2.05, 4.69) is 33.8 Å². The lowest BCUT2D eigenvalue weighted by molar-refractivity contribution is -0.117. The molecule has 0 spiro atoms. The molecule has 2 rings (SSSR count). The normalized spacial score (nSPS) is 26.5. The predicted molar refractivity (Wildman–Crippen MR) is 90.5 cm³/mol. The summed E-state index contributed by atoms with van der Waals surface area (Å²) in [4.78, 5) is 25.0. The molecule has 0 bridgehead atoms. The van der Waals surface area contributed by atoms with E-state index < -0.39 is 0 Å². The molecule has 0 heterocycles. The molecule has 0 aromatic carbocycles. The highest BCUT2D eigenvalue weighted by atomic mass is 16.1.